The van der Waals surface area contributed by atoms with Gasteiger partial charge in [0.1, 0.15) is 6.61 Å². The first-order valence-corrected chi connectivity index (χ1v) is 11.5. The van der Waals surface area contributed by atoms with Gasteiger partial charge in [-0.15, -0.1) is 0 Å². The number of amides is 1. The maximum atomic E-state index is 12.7. The highest BCUT2D eigenvalue weighted by molar-refractivity contribution is 5.69. The predicted molar refractivity (Wildman–Crippen MR) is 133 cm³/mol. The largest absolute Gasteiger partial charge is 0.493 e. The fraction of sp³-hybridized carbons (Fsp3) is 0.321. The maximum Gasteiger partial charge on any atom is 0.410 e. The van der Waals surface area contributed by atoms with Crippen LogP contribution >= 0.6 is 0 Å². The molecule has 0 aliphatic carbocycles. The van der Waals surface area contributed by atoms with E-state index in [2.05, 4.69) is 0 Å². The van der Waals surface area contributed by atoms with Gasteiger partial charge in [0.2, 0.25) is 0 Å². The zero-order valence-electron chi connectivity index (χ0n) is 20.6. The van der Waals surface area contributed by atoms with E-state index in [1.807, 2.05) is 60.7 Å². The van der Waals surface area contributed by atoms with Crippen LogP contribution in [0.15, 0.2) is 60.7 Å². The summed E-state index contributed by atoms with van der Waals surface area (Å²) in [5.74, 6) is 2.62. The summed E-state index contributed by atoms with van der Waals surface area (Å²) in [6.07, 6.45) is 0.919. The summed E-state index contributed by atoms with van der Waals surface area (Å²) in [6, 6.07) is 19.6. The van der Waals surface area contributed by atoms with Crippen LogP contribution in [-0.4, -0.2) is 46.0 Å². The third-order valence-corrected chi connectivity index (χ3v) is 6.31. The van der Waals surface area contributed by atoms with Gasteiger partial charge in [0.15, 0.2) is 23.0 Å². The Bertz CT molecular complexity index is 1160. The fourth-order valence-electron chi connectivity index (χ4n) is 4.50. The normalized spacial score (nSPS) is 14.6. The molecule has 0 spiro atoms. The van der Waals surface area contributed by atoms with Crippen LogP contribution in [0.4, 0.5) is 4.79 Å². The Labute approximate surface area is 206 Å². The lowest BCUT2D eigenvalue weighted by Gasteiger charge is -2.37. The standard InChI is InChI=1S/C28H31NO6/c1-31-24-11-10-20(15-27(24)35-18-19-8-6-5-7-9-19)14-23-22-17-26(33-3)25(32-2)16-21(22)12-13-29(23)28(30)34-4/h5-11,15-17,23H,12-14,18H2,1-4H3/t23-/m1/s1. The monoisotopic (exact) mass is 477 g/mol. The van der Waals surface area contributed by atoms with Crippen molar-refractivity contribution in [3.8, 4) is 23.0 Å². The highest BCUT2D eigenvalue weighted by atomic mass is 16.5. The molecule has 0 aromatic heterocycles. The zero-order valence-corrected chi connectivity index (χ0v) is 20.6. The fourth-order valence-corrected chi connectivity index (χ4v) is 4.50. The number of hydrogen-bond donors (Lipinski definition) is 0. The first kappa shape index (κ1) is 24.3. The van der Waals surface area contributed by atoms with Crippen LogP contribution in [0.2, 0.25) is 0 Å². The van der Waals surface area contributed by atoms with Crippen molar-refractivity contribution in [2.24, 2.45) is 0 Å². The van der Waals surface area contributed by atoms with Crippen LogP contribution in [-0.2, 0) is 24.2 Å². The Morgan fingerprint density at radius 3 is 2.23 bits per heavy atom. The molecule has 0 N–H and O–H groups in total. The second kappa shape index (κ2) is 11.0. The van der Waals surface area contributed by atoms with Gasteiger partial charge in [-0.1, -0.05) is 36.4 Å². The minimum Gasteiger partial charge on any atom is -0.493 e. The van der Waals surface area contributed by atoms with E-state index >= 15 is 0 Å². The van der Waals surface area contributed by atoms with Crippen LogP contribution in [0.25, 0.3) is 0 Å². The summed E-state index contributed by atoms with van der Waals surface area (Å²) in [7, 11) is 6.27. The Morgan fingerprint density at radius 1 is 0.829 bits per heavy atom. The lowest BCUT2D eigenvalue weighted by molar-refractivity contribution is 0.100. The van der Waals surface area contributed by atoms with E-state index in [0.29, 0.717) is 49.0 Å². The first-order valence-electron chi connectivity index (χ1n) is 11.5. The Morgan fingerprint density at radius 2 is 1.54 bits per heavy atom. The lowest BCUT2D eigenvalue weighted by atomic mass is 9.88. The minimum absolute atomic E-state index is 0.235. The summed E-state index contributed by atoms with van der Waals surface area (Å²) in [5, 5.41) is 0. The molecule has 7 heteroatoms. The Hall–Kier alpha value is -3.87. The van der Waals surface area contributed by atoms with E-state index in [9.17, 15) is 4.79 Å². The lowest BCUT2D eigenvalue weighted by Crippen LogP contribution is -2.41. The van der Waals surface area contributed by atoms with Crippen molar-refractivity contribution in [1.82, 2.24) is 4.90 Å². The molecule has 0 fully saturated rings. The smallest absolute Gasteiger partial charge is 0.410 e. The number of ether oxygens (including phenoxy) is 5. The van der Waals surface area contributed by atoms with Crippen LogP contribution in [0.5, 0.6) is 23.0 Å². The van der Waals surface area contributed by atoms with Crippen LogP contribution in [0, 0.1) is 0 Å². The van der Waals surface area contributed by atoms with Crippen LogP contribution < -0.4 is 18.9 Å². The number of methoxy groups -OCH3 is 4. The van der Waals surface area contributed by atoms with Gasteiger partial charge >= 0.3 is 6.09 Å². The van der Waals surface area contributed by atoms with Crippen molar-refractivity contribution in [1.29, 1.82) is 0 Å². The molecule has 35 heavy (non-hydrogen) atoms. The van der Waals surface area contributed by atoms with E-state index in [1.54, 1.807) is 26.2 Å². The molecule has 7 nitrogen and oxygen atoms in total. The van der Waals surface area contributed by atoms with Crippen molar-refractivity contribution in [2.45, 2.75) is 25.5 Å². The second-order valence-corrected chi connectivity index (χ2v) is 8.30. The molecule has 3 aromatic carbocycles. The number of carbonyl (C=O) groups excluding carboxylic acids is 1. The van der Waals surface area contributed by atoms with Gasteiger partial charge in [0.05, 0.1) is 34.5 Å². The van der Waals surface area contributed by atoms with E-state index in [-0.39, 0.29) is 12.1 Å². The number of hydrogen-bond acceptors (Lipinski definition) is 6. The van der Waals surface area contributed by atoms with Gasteiger partial charge < -0.3 is 28.6 Å². The molecule has 4 rings (SSSR count). The third-order valence-electron chi connectivity index (χ3n) is 6.31. The Balaban J connectivity index is 1.66. The summed E-state index contributed by atoms with van der Waals surface area (Å²) < 4.78 is 27.8. The summed E-state index contributed by atoms with van der Waals surface area (Å²) in [5.41, 5.74) is 4.22. The molecule has 0 bridgehead atoms. The number of rotatable bonds is 8. The van der Waals surface area contributed by atoms with Crippen molar-refractivity contribution in [2.75, 3.05) is 35.0 Å². The molecular formula is C28H31NO6. The van der Waals surface area contributed by atoms with Gasteiger partial charge in [-0.2, -0.15) is 0 Å². The maximum absolute atomic E-state index is 12.7. The molecule has 0 radical (unpaired) electrons. The molecule has 1 heterocycles. The number of carbonyl (C=O) groups is 1. The van der Waals surface area contributed by atoms with Gasteiger partial charge in [-0.3, -0.25) is 0 Å². The van der Waals surface area contributed by atoms with E-state index in [1.165, 1.54) is 7.11 Å². The summed E-state index contributed by atoms with van der Waals surface area (Å²) >= 11 is 0. The second-order valence-electron chi connectivity index (χ2n) is 8.30. The van der Waals surface area contributed by atoms with Crippen molar-refractivity contribution in [3.05, 3.63) is 82.9 Å². The average molecular weight is 478 g/mol. The quantitative estimate of drug-likeness (QED) is 0.444. The first-order chi connectivity index (χ1) is 17.1. The molecule has 0 saturated heterocycles. The zero-order chi connectivity index (χ0) is 24.8. The van der Waals surface area contributed by atoms with Crippen LogP contribution in [0.1, 0.15) is 28.3 Å². The molecule has 1 atom stereocenters. The highest BCUT2D eigenvalue weighted by Gasteiger charge is 2.33. The van der Waals surface area contributed by atoms with Crippen molar-refractivity contribution >= 4 is 6.09 Å². The molecule has 1 aliphatic heterocycles. The number of fused-ring (bicyclic) bond motifs is 1. The molecular weight excluding hydrogens is 446 g/mol. The molecule has 0 unspecified atom stereocenters. The van der Waals surface area contributed by atoms with Crippen LogP contribution in [0.3, 0.4) is 0 Å². The predicted octanol–water partition coefficient (Wildman–Crippen LogP) is 5.20. The van der Waals surface area contributed by atoms with Gasteiger partial charge in [0.25, 0.3) is 0 Å². The molecule has 184 valence electrons. The van der Waals surface area contributed by atoms with Gasteiger partial charge in [0, 0.05) is 6.54 Å². The van der Waals surface area contributed by atoms with Crippen molar-refractivity contribution in [3.63, 3.8) is 0 Å². The van der Waals surface area contributed by atoms with Gasteiger partial charge in [-0.05, 0) is 59.4 Å². The SMILES string of the molecule is COC(=O)N1CCc2cc(OC)c(OC)cc2[C@H]1Cc1ccc(OC)c(OCc2ccccc2)c1. The third kappa shape index (κ3) is 5.29. The van der Waals surface area contributed by atoms with Gasteiger partial charge in [-0.25, -0.2) is 4.79 Å². The average Bonchev–Trinajstić information content (AvgIpc) is 2.91. The Kier molecular flexibility index (Phi) is 7.65. The molecule has 0 saturated carbocycles. The number of nitrogens with zero attached hydrogens (tertiary/aromatic N) is 1. The van der Waals surface area contributed by atoms with E-state index < -0.39 is 0 Å². The topological polar surface area (TPSA) is 66.5 Å². The summed E-state index contributed by atoms with van der Waals surface area (Å²) in [6.45, 7) is 0.978. The number of benzene rings is 3. The van der Waals surface area contributed by atoms with E-state index in [0.717, 1.165) is 22.3 Å². The molecule has 3 aromatic rings. The highest BCUT2D eigenvalue weighted by Crippen LogP contribution is 2.40. The van der Waals surface area contributed by atoms with Crippen molar-refractivity contribution < 1.29 is 28.5 Å². The minimum atomic E-state index is -0.357. The summed E-state index contributed by atoms with van der Waals surface area (Å²) in [4.78, 5) is 14.5. The van der Waals surface area contributed by atoms with E-state index in [4.69, 9.17) is 23.7 Å². The molecule has 1 amide bonds. The molecule has 1 aliphatic rings.